The lowest BCUT2D eigenvalue weighted by Crippen LogP contribution is -2.45. The molecule has 0 aliphatic carbocycles. The van der Waals surface area contributed by atoms with Crippen LogP contribution >= 0.6 is 0 Å². The van der Waals surface area contributed by atoms with Crippen molar-refractivity contribution in [2.24, 2.45) is 0 Å². The third-order valence-corrected chi connectivity index (χ3v) is 7.43. The number of rotatable bonds is 20. The molecule has 3 aromatic rings. The molecule has 0 aliphatic heterocycles. The van der Waals surface area contributed by atoms with Crippen molar-refractivity contribution in [3.8, 4) is 11.5 Å². The van der Waals surface area contributed by atoms with Crippen LogP contribution in [-0.4, -0.2) is 63.4 Å². The summed E-state index contributed by atoms with van der Waals surface area (Å²) in [4.78, 5) is 48.8. The zero-order valence-corrected chi connectivity index (χ0v) is 30.8. The second kappa shape index (κ2) is 19.9. The van der Waals surface area contributed by atoms with E-state index in [4.69, 9.17) is 33.5 Å². The van der Waals surface area contributed by atoms with E-state index in [2.05, 4.69) is 23.8 Å². The summed E-state index contributed by atoms with van der Waals surface area (Å²) in [6.45, 7) is 17.8. The fourth-order valence-electron chi connectivity index (χ4n) is 4.52. The Bertz CT molecular complexity index is 1630. The zero-order chi connectivity index (χ0) is 38.1. The second-order valence-corrected chi connectivity index (χ2v) is 13.3. The fourth-order valence-corrected chi connectivity index (χ4v) is 4.52. The van der Waals surface area contributed by atoms with Crippen molar-refractivity contribution < 1.29 is 47.8 Å². The molecule has 0 bridgehead atoms. The van der Waals surface area contributed by atoms with Crippen LogP contribution in [0.5, 0.6) is 11.5 Å². The molecule has 12 heteroatoms. The topological polar surface area (TPSA) is 140 Å². The third kappa shape index (κ3) is 14.5. The van der Waals surface area contributed by atoms with Crippen LogP contribution in [0.25, 0.3) is 0 Å². The van der Waals surface area contributed by atoms with E-state index >= 15 is 0 Å². The summed E-state index contributed by atoms with van der Waals surface area (Å²) in [7, 11) is 0. The number of esters is 1. The van der Waals surface area contributed by atoms with Gasteiger partial charge in [-0.15, -0.1) is 0 Å². The largest absolute Gasteiger partial charge is 0.490 e. The molecule has 0 saturated carbocycles. The molecule has 52 heavy (non-hydrogen) atoms. The Hall–Kier alpha value is -5.33. The Morgan fingerprint density at radius 1 is 0.635 bits per heavy atom. The van der Waals surface area contributed by atoms with Crippen LogP contribution in [0.1, 0.15) is 52.7 Å². The SMILES string of the molecule is C=C(C)COOCC(COc1ccccc1)OC(=O)NC(C)(C)c1cccc(C(C)(C)NC(=O)OC(COC(=O)C(=C)C)COc2ccccc2)c1. The van der Waals surface area contributed by atoms with Gasteiger partial charge in [0.1, 0.15) is 44.5 Å². The highest BCUT2D eigenvalue weighted by Crippen LogP contribution is 2.27. The van der Waals surface area contributed by atoms with Gasteiger partial charge in [-0.2, -0.15) is 0 Å². The summed E-state index contributed by atoms with van der Waals surface area (Å²) < 4.78 is 28.2. The monoisotopic (exact) mass is 718 g/mol. The first-order chi connectivity index (χ1) is 24.6. The highest BCUT2D eigenvalue weighted by atomic mass is 17.2. The predicted octanol–water partition coefficient (Wildman–Crippen LogP) is 7.15. The number of hydrogen-bond acceptors (Lipinski definition) is 10. The Kier molecular flexibility index (Phi) is 15.7. The molecule has 2 N–H and O–H groups in total. The van der Waals surface area contributed by atoms with Gasteiger partial charge in [-0.25, -0.2) is 24.2 Å². The molecule has 3 rings (SSSR count). The van der Waals surface area contributed by atoms with E-state index in [1.807, 2.05) is 88.4 Å². The number of nitrogens with one attached hydrogen (secondary N) is 2. The maximum atomic E-state index is 13.2. The molecule has 2 atom stereocenters. The molecule has 0 saturated heterocycles. The Morgan fingerprint density at radius 2 is 1.10 bits per heavy atom. The zero-order valence-electron chi connectivity index (χ0n) is 30.8. The van der Waals surface area contributed by atoms with Gasteiger partial charge in [0, 0.05) is 5.57 Å². The molecule has 0 aromatic heterocycles. The number of amides is 2. The Morgan fingerprint density at radius 3 is 1.54 bits per heavy atom. The van der Waals surface area contributed by atoms with Gasteiger partial charge in [-0.05, 0) is 76.9 Å². The Labute approximate surface area is 306 Å². The normalized spacial score (nSPS) is 12.4. The van der Waals surface area contributed by atoms with Crippen molar-refractivity contribution in [3.05, 3.63) is 120 Å². The molecule has 280 valence electrons. The molecule has 2 unspecified atom stereocenters. The number of benzene rings is 3. The molecule has 3 aromatic carbocycles. The number of carbonyl (C=O) groups is 3. The van der Waals surface area contributed by atoms with Crippen LogP contribution in [0.2, 0.25) is 0 Å². The quantitative estimate of drug-likeness (QED) is 0.0236. The first kappa shape index (κ1) is 41.1. The molecular weight excluding hydrogens is 668 g/mol. The van der Waals surface area contributed by atoms with E-state index in [1.165, 1.54) is 6.92 Å². The summed E-state index contributed by atoms with van der Waals surface area (Å²) in [5.74, 6) is 0.568. The number of para-hydroxylation sites is 2. The van der Waals surface area contributed by atoms with E-state index < -0.39 is 41.4 Å². The van der Waals surface area contributed by atoms with Gasteiger partial charge in [-0.3, -0.25) is 0 Å². The van der Waals surface area contributed by atoms with E-state index in [1.54, 1.807) is 31.2 Å². The van der Waals surface area contributed by atoms with Crippen molar-refractivity contribution >= 4 is 18.2 Å². The first-order valence-corrected chi connectivity index (χ1v) is 16.8. The van der Waals surface area contributed by atoms with Crippen molar-refractivity contribution in [2.75, 3.05) is 33.0 Å². The predicted molar refractivity (Wildman–Crippen MR) is 196 cm³/mol. The van der Waals surface area contributed by atoms with E-state index in [0.717, 1.165) is 16.7 Å². The minimum atomic E-state index is -0.927. The minimum Gasteiger partial charge on any atom is -0.490 e. The van der Waals surface area contributed by atoms with E-state index in [0.29, 0.717) is 11.5 Å². The van der Waals surface area contributed by atoms with Gasteiger partial charge in [0.2, 0.25) is 0 Å². The number of hydrogen-bond donors (Lipinski definition) is 2. The summed E-state index contributed by atoms with van der Waals surface area (Å²) in [6.07, 6.45) is -3.15. The van der Waals surface area contributed by atoms with Crippen molar-refractivity contribution in [2.45, 2.75) is 64.8 Å². The summed E-state index contributed by atoms with van der Waals surface area (Å²) in [6, 6.07) is 25.5. The van der Waals surface area contributed by atoms with Crippen LogP contribution in [0.15, 0.2) is 109 Å². The van der Waals surface area contributed by atoms with E-state index in [9.17, 15) is 14.4 Å². The van der Waals surface area contributed by atoms with Crippen molar-refractivity contribution in [1.29, 1.82) is 0 Å². The highest BCUT2D eigenvalue weighted by Gasteiger charge is 2.30. The van der Waals surface area contributed by atoms with Gasteiger partial charge in [0.15, 0.2) is 12.2 Å². The average molecular weight is 719 g/mol. The van der Waals surface area contributed by atoms with Crippen molar-refractivity contribution in [3.63, 3.8) is 0 Å². The van der Waals surface area contributed by atoms with Crippen LogP contribution < -0.4 is 20.1 Å². The maximum absolute atomic E-state index is 13.2. The van der Waals surface area contributed by atoms with Crippen molar-refractivity contribution in [1.82, 2.24) is 10.6 Å². The molecule has 0 fully saturated rings. The lowest BCUT2D eigenvalue weighted by atomic mass is 9.87. The van der Waals surface area contributed by atoms with Gasteiger partial charge in [0.05, 0.1) is 11.1 Å². The van der Waals surface area contributed by atoms with Gasteiger partial charge < -0.3 is 34.3 Å². The van der Waals surface area contributed by atoms with E-state index in [-0.39, 0.29) is 38.6 Å². The number of carbonyl (C=O) groups excluding carboxylic acids is 3. The molecule has 0 heterocycles. The van der Waals surface area contributed by atoms with Gasteiger partial charge in [0.25, 0.3) is 0 Å². The molecule has 0 radical (unpaired) electrons. The molecular formula is C40H50N2O10. The average Bonchev–Trinajstić information content (AvgIpc) is 3.10. The second-order valence-electron chi connectivity index (χ2n) is 13.3. The summed E-state index contributed by atoms with van der Waals surface area (Å²) in [5, 5.41) is 5.80. The van der Waals surface area contributed by atoms with Gasteiger partial charge >= 0.3 is 18.2 Å². The third-order valence-electron chi connectivity index (χ3n) is 7.43. The molecule has 12 nitrogen and oxygen atoms in total. The maximum Gasteiger partial charge on any atom is 0.408 e. The minimum absolute atomic E-state index is 0.0231. The lowest BCUT2D eigenvalue weighted by Gasteiger charge is -2.31. The van der Waals surface area contributed by atoms with Crippen LogP contribution in [0, 0.1) is 0 Å². The Balaban J connectivity index is 1.65. The first-order valence-electron chi connectivity index (χ1n) is 16.8. The number of alkyl carbamates (subject to hydrolysis) is 2. The molecule has 2 amide bonds. The standard InChI is InChI=1S/C40H50N2O10/c1-28(2)23-49-50-27-35(25-47-33-20-13-10-14-21-33)52-38(45)42-40(7,8)31-17-15-16-30(22-31)39(5,6)41-37(44)51-34(26-48-36(43)29(3)4)24-46-32-18-11-9-12-19-32/h9-22,34-35H,1,3,23-27H2,2,4-8H3,(H,41,44)(H,42,45). The fraction of sp³-hybridized carbons (Fsp3) is 0.375. The molecule has 0 spiro atoms. The number of ether oxygens (including phenoxy) is 5. The van der Waals surface area contributed by atoms with Gasteiger partial charge in [-0.1, -0.05) is 79.4 Å². The van der Waals surface area contributed by atoms with Crippen LogP contribution in [0.4, 0.5) is 9.59 Å². The highest BCUT2D eigenvalue weighted by molar-refractivity contribution is 5.86. The summed E-state index contributed by atoms with van der Waals surface area (Å²) in [5.41, 5.74) is 0.628. The lowest BCUT2D eigenvalue weighted by molar-refractivity contribution is -0.299. The van der Waals surface area contributed by atoms with Crippen LogP contribution in [-0.2, 0) is 39.9 Å². The van der Waals surface area contributed by atoms with Crippen LogP contribution in [0.3, 0.4) is 0 Å². The molecule has 0 aliphatic rings. The summed E-state index contributed by atoms with van der Waals surface area (Å²) >= 11 is 0. The smallest absolute Gasteiger partial charge is 0.408 e.